The van der Waals surface area contributed by atoms with E-state index in [1.54, 1.807) is 0 Å². The summed E-state index contributed by atoms with van der Waals surface area (Å²) in [5, 5.41) is 23.0. The van der Waals surface area contributed by atoms with E-state index in [9.17, 15) is 29.4 Å². The zero-order valence-electron chi connectivity index (χ0n) is 18.9. The van der Waals surface area contributed by atoms with Crippen LogP contribution in [0, 0.1) is 0 Å². The van der Waals surface area contributed by atoms with Crippen LogP contribution in [0.25, 0.3) is 11.2 Å². The maximum absolute atomic E-state index is 12.5. The van der Waals surface area contributed by atoms with E-state index in [0.717, 1.165) is 6.92 Å². The van der Waals surface area contributed by atoms with E-state index in [2.05, 4.69) is 20.3 Å². The van der Waals surface area contributed by atoms with Crippen molar-refractivity contribution in [3.8, 4) is 0 Å². The minimum Gasteiger partial charge on any atom is -0.386 e. The summed E-state index contributed by atoms with van der Waals surface area (Å²) in [5.74, 6) is -2.33. The van der Waals surface area contributed by atoms with Crippen LogP contribution in [0.5, 0.6) is 0 Å². The fraction of sp³-hybridized carbons (Fsp3) is 0.600. The van der Waals surface area contributed by atoms with Crippen molar-refractivity contribution < 1.29 is 29.3 Å². The number of ether oxygens (including phenoxy) is 1. The summed E-state index contributed by atoms with van der Waals surface area (Å²) in [6.45, 7) is 2.78. The van der Waals surface area contributed by atoms with Gasteiger partial charge in [-0.05, 0) is 33.2 Å². The van der Waals surface area contributed by atoms with Crippen molar-refractivity contribution in [2.75, 3.05) is 11.9 Å². The number of unbranched alkanes of at least 4 members (excludes halogenated alkanes) is 1. The maximum Gasteiger partial charge on any atom is 0.280 e. The number of carbonyl (C=O) groups excluding carboxylic acids is 3. The Morgan fingerprint density at radius 3 is 2.74 bits per heavy atom. The molecule has 0 saturated carbocycles. The van der Waals surface area contributed by atoms with Crippen LogP contribution in [0.15, 0.2) is 11.1 Å². The van der Waals surface area contributed by atoms with E-state index in [-0.39, 0.29) is 23.5 Å². The van der Waals surface area contributed by atoms with Gasteiger partial charge in [-0.15, -0.1) is 0 Å². The van der Waals surface area contributed by atoms with Crippen LogP contribution >= 0.6 is 0 Å². The lowest BCUT2D eigenvalue weighted by molar-refractivity contribution is -0.157. The van der Waals surface area contributed by atoms with Crippen molar-refractivity contribution in [2.45, 2.75) is 69.6 Å². The second-order valence-corrected chi connectivity index (χ2v) is 8.35. The van der Waals surface area contributed by atoms with Gasteiger partial charge < -0.3 is 26.4 Å². The summed E-state index contributed by atoms with van der Waals surface area (Å²) in [5.41, 5.74) is 8.35. The molecule has 0 spiro atoms. The third kappa shape index (κ3) is 4.90. The second kappa shape index (κ2) is 10.1. The Hall–Kier alpha value is -3.04. The quantitative estimate of drug-likeness (QED) is 0.206. The van der Waals surface area contributed by atoms with Gasteiger partial charge >= 0.3 is 0 Å². The molecule has 5 atom stereocenters. The summed E-state index contributed by atoms with van der Waals surface area (Å²) in [6, 6.07) is -0.839. The molecular weight excluding hydrogens is 450 g/mol. The summed E-state index contributed by atoms with van der Waals surface area (Å²) < 4.78 is 6.91. The van der Waals surface area contributed by atoms with Crippen LogP contribution in [0.4, 0.5) is 5.95 Å². The number of nitrogens with one attached hydrogen (secondary N) is 2. The van der Waals surface area contributed by atoms with Crippen molar-refractivity contribution in [3.05, 3.63) is 16.7 Å². The number of fused-ring (bicyclic) bond motifs is 1. The van der Waals surface area contributed by atoms with Gasteiger partial charge in [-0.3, -0.25) is 34.0 Å². The number of amides is 1. The third-order valence-corrected chi connectivity index (χ3v) is 5.78. The topological polar surface area (TPSA) is 229 Å². The second-order valence-electron chi connectivity index (χ2n) is 8.35. The highest BCUT2D eigenvalue weighted by Crippen LogP contribution is 2.39. The Morgan fingerprint density at radius 1 is 1.41 bits per heavy atom. The zero-order chi connectivity index (χ0) is 25.2. The highest BCUT2D eigenvalue weighted by molar-refractivity contribution is 5.97. The van der Waals surface area contributed by atoms with Crippen molar-refractivity contribution in [1.29, 1.82) is 0 Å². The van der Waals surface area contributed by atoms with Crippen molar-refractivity contribution in [1.82, 2.24) is 19.5 Å². The molecule has 2 aromatic rings. The van der Waals surface area contributed by atoms with Gasteiger partial charge in [-0.2, -0.15) is 4.98 Å². The van der Waals surface area contributed by atoms with Gasteiger partial charge in [0.15, 0.2) is 34.4 Å². The van der Waals surface area contributed by atoms with Crippen molar-refractivity contribution in [2.24, 2.45) is 11.5 Å². The van der Waals surface area contributed by atoms with Crippen molar-refractivity contribution >= 4 is 34.6 Å². The molecule has 0 aliphatic carbocycles. The Kier molecular flexibility index (Phi) is 7.57. The number of aromatic amines is 1. The third-order valence-electron chi connectivity index (χ3n) is 5.78. The average molecular weight is 479 g/mol. The van der Waals surface area contributed by atoms with Gasteiger partial charge in [0.1, 0.15) is 12.3 Å². The number of aliphatic hydroxyl groups is 2. The van der Waals surface area contributed by atoms with Crippen LogP contribution in [0.3, 0.4) is 0 Å². The monoisotopic (exact) mass is 479 g/mol. The molecule has 1 aliphatic heterocycles. The fourth-order valence-electron chi connectivity index (χ4n) is 3.75. The molecule has 2 aromatic heterocycles. The Labute approximate surface area is 193 Å². The van der Waals surface area contributed by atoms with Gasteiger partial charge in [-0.25, -0.2) is 4.98 Å². The van der Waals surface area contributed by atoms with E-state index in [1.807, 2.05) is 0 Å². The molecule has 3 rings (SSSR count). The van der Waals surface area contributed by atoms with Crippen LogP contribution < -0.4 is 22.3 Å². The normalized spacial score (nSPS) is 24.2. The van der Waals surface area contributed by atoms with Gasteiger partial charge in [0, 0.05) is 6.42 Å². The first-order valence-corrected chi connectivity index (χ1v) is 10.8. The highest BCUT2D eigenvalue weighted by Gasteiger charge is 2.55. The summed E-state index contributed by atoms with van der Waals surface area (Å²) in [6.07, 6.45) is -1.59. The predicted molar refractivity (Wildman–Crippen MR) is 119 cm³/mol. The number of nitrogens with two attached hydrogens (primary N) is 2. The Bertz CT molecular complexity index is 1140. The highest BCUT2D eigenvalue weighted by atomic mass is 16.5. The molecule has 1 unspecified atom stereocenters. The lowest BCUT2D eigenvalue weighted by atomic mass is 9.87. The number of hydrogen-bond donors (Lipinski definition) is 6. The van der Waals surface area contributed by atoms with Gasteiger partial charge in [0.05, 0.1) is 12.4 Å². The zero-order valence-corrected chi connectivity index (χ0v) is 18.9. The summed E-state index contributed by atoms with van der Waals surface area (Å²) >= 11 is 0. The number of anilines is 1. The van der Waals surface area contributed by atoms with Gasteiger partial charge in [0.2, 0.25) is 11.9 Å². The minimum absolute atomic E-state index is 0.0169. The molecular formula is C20H29N7O7. The number of rotatable bonds is 10. The molecule has 1 saturated heterocycles. The maximum atomic E-state index is 12.5. The van der Waals surface area contributed by atoms with E-state index in [1.165, 1.54) is 17.8 Å². The number of Topliss-reactive ketones (excluding diaryl/α,β-unsaturated/α-hetero) is 2. The average Bonchev–Trinajstić information content (AvgIpc) is 3.35. The molecule has 34 heavy (non-hydrogen) atoms. The van der Waals surface area contributed by atoms with Crippen molar-refractivity contribution in [3.63, 3.8) is 0 Å². The minimum atomic E-state index is -2.19. The number of H-pyrrole nitrogens is 1. The number of hydrogen-bond acceptors (Lipinski definition) is 11. The van der Waals surface area contributed by atoms with Crippen LogP contribution in [0.1, 0.15) is 45.8 Å². The number of ketones is 2. The van der Waals surface area contributed by atoms with E-state index in [0.29, 0.717) is 25.8 Å². The van der Waals surface area contributed by atoms with E-state index in [4.69, 9.17) is 16.2 Å². The number of aliphatic hydroxyl groups excluding tert-OH is 1. The molecule has 0 radical (unpaired) electrons. The predicted octanol–water partition coefficient (Wildman–Crippen LogP) is -1.93. The number of nitrogens with zero attached hydrogens (tertiary/aromatic N) is 3. The first-order valence-electron chi connectivity index (χ1n) is 10.8. The molecule has 14 nitrogen and oxygen atoms in total. The number of carbonyl (C=O) groups is 3. The van der Waals surface area contributed by atoms with E-state index < -0.39 is 53.1 Å². The standard InChI is InChI=1S/C20H29N7O7/c1-9(28)14(30)15-20(33,10(2)29)7-12(34-15)27-8-23-13-16(27)24-19(26-18(13)32)25-17(31)11(22)5-3-4-6-21/h8-9,11-12,15,28,33H,3-7,21-22H2,1-2H3,(H2,24,25,26,31,32)/t9?,11-,12+,15+,20+/m0/s1. The first-order chi connectivity index (χ1) is 16.0. The molecule has 0 bridgehead atoms. The van der Waals surface area contributed by atoms with Gasteiger partial charge in [0.25, 0.3) is 5.56 Å². The lowest BCUT2D eigenvalue weighted by Crippen LogP contribution is -2.51. The molecule has 14 heteroatoms. The first kappa shape index (κ1) is 25.6. The number of aromatic nitrogens is 4. The number of imidazole rings is 1. The molecule has 3 heterocycles. The fourth-order valence-corrected chi connectivity index (χ4v) is 3.75. The molecule has 1 amide bonds. The molecule has 0 aromatic carbocycles. The molecule has 1 aliphatic rings. The lowest BCUT2D eigenvalue weighted by Gasteiger charge is -2.24. The molecule has 8 N–H and O–H groups in total. The van der Waals surface area contributed by atoms with Crippen LogP contribution in [-0.4, -0.2) is 77.6 Å². The van der Waals surface area contributed by atoms with E-state index >= 15 is 0 Å². The molecule has 1 fully saturated rings. The molecule has 186 valence electrons. The van der Waals surface area contributed by atoms with Crippen LogP contribution in [0.2, 0.25) is 0 Å². The van der Waals surface area contributed by atoms with Gasteiger partial charge in [-0.1, -0.05) is 6.42 Å². The smallest absolute Gasteiger partial charge is 0.280 e. The Balaban J connectivity index is 1.90. The SMILES string of the molecule is CC(=O)[C@]1(O)C[C@H](n2cnc3c(=O)[nH]c(NC(=O)[C@@H](N)CCCCN)nc32)O[C@@H]1C(=O)C(C)O. The Morgan fingerprint density at radius 2 is 2.12 bits per heavy atom. The largest absolute Gasteiger partial charge is 0.386 e. The summed E-state index contributed by atoms with van der Waals surface area (Å²) in [4.78, 5) is 60.0. The van der Waals surface area contributed by atoms with Crippen LogP contribution in [-0.2, 0) is 19.1 Å². The summed E-state index contributed by atoms with van der Waals surface area (Å²) in [7, 11) is 0.